The Labute approximate surface area is 213 Å². The van der Waals surface area contributed by atoms with E-state index in [4.69, 9.17) is 14.2 Å². The summed E-state index contributed by atoms with van der Waals surface area (Å²) < 4.78 is 16.3. The van der Waals surface area contributed by atoms with Crippen molar-refractivity contribution in [2.24, 2.45) is 0 Å². The molecule has 37 heavy (non-hydrogen) atoms. The van der Waals surface area contributed by atoms with Crippen LogP contribution in [0.3, 0.4) is 0 Å². The lowest BCUT2D eigenvalue weighted by molar-refractivity contribution is -0.122. The number of ether oxygens (including phenoxy) is 3. The molecule has 1 saturated heterocycles. The van der Waals surface area contributed by atoms with Crippen LogP contribution in [0.2, 0.25) is 0 Å². The van der Waals surface area contributed by atoms with Gasteiger partial charge in [-0.15, -0.1) is 0 Å². The molecule has 1 aliphatic rings. The smallest absolute Gasteiger partial charge is 0.343 e. The number of esters is 1. The maximum Gasteiger partial charge on any atom is 0.343 e. The van der Waals surface area contributed by atoms with E-state index >= 15 is 0 Å². The van der Waals surface area contributed by atoms with Crippen LogP contribution in [0.5, 0.6) is 17.2 Å². The Morgan fingerprint density at radius 1 is 0.973 bits per heavy atom. The van der Waals surface area contributed by atoms with Crippen molar-refractivity contribution in [1.82, 2.24) is 5.32 Å². The number of rotatable bonds is 7. The van der Waals surface area contributed by atoms with E-state index in [0.29, 0.717) is 22.6 Å². The average molecular weight is 501 g/mol. The molecule has 1 fully saturated rings. The SMILES string of the molecule is CCOc1cc(/C=C2\C(=O)NC(=O)N(c3cccc(C)c3)C2=O)ccc1OC(=O)c1ccc(OC)cc1. The van der Waals surface area contributed by atoms with Gasteiger partial charge in [0.2, 0.25) is 0 Å². The summed E-state index contributed by atoms with van der Waals surface area (Å²) in [6, 6.07) is 17.1. The highest BCUT2D eigenvalue weighted by Crippen LogP contribution is 2.31. The molecule has 0 atom stereocenters. The first kappa shape index (κ1) is 25.2. The molecule has 188 valence electrons. The zero-order chi connectivity index (χ0) is 26.5. The number of imide groups is 2. The number of carbonyl (C=O) groups is 4. The highest BCUT2D eigenvalue weighted by Gasteiger charge is 2.36. The van der Waals surface area contributed by atoms with E-state index < -0.39 is 23.8 Å². The number of barbiturate groups is 1. The quantitative estimate of drug-likeness (QED) is 0.223. The minimum atomic E-state index is -0.825. The zero-order valence-corrected chi connectivity index (χ0v) is 20.4. The third-order valence-corrected chi connectivity index (χ3v) is 5.47. The highest BCUT2D eigenvalue weighted by atomic mass is 16.6. The standard InChI is InChI=1S/C28H24N2O7/c1-4-36-24-16-18(8-13-23(24)37-27(33)19-9-11-21(35-3)12-10-19)15-22-25(31)29-28(34)30(26(22)32)20-7-5-6-17(2)14-20/h5-16H,4H2,1-3H3,(H,29,31,34)/b22-15+. The van der Waals surface area contributed by atoms with Gasteiger partial charge in [-0.25, -0.2) is 14.5 Å². The van der Waals surface area contributed by atoms with Gasteiger partial charge in [-0.2, -0.15) is 0 Å². The Bertz CT molecular complexity index is 1410. The van der Waals surface area contributed by atoms with Crippen LogP contribution in [-0.2, 0) is 9.59 Å². The molecule has 9 nitrogen and oxygen atoms in total. The first-order chi connectivity index (χ1) is 17.8. The number of methoxy groups -OCH3 is 1. The second-order valence-corrected chi connectivity index (χ2v) is 8.05. The number of hydrogen-bond donors (Lipinski definition) is 1. The predicted octanol–water partition coefficient (Wildman–Crippen LogP) is 4.29. The molecule has 0 aromatic heterocycles. The van der Waals surface area contributed by atoms with Gasteiger partial charge in [0.05, 0.1) is 25.0 Å². The zero-order valence-electron chi connectivity index (χ0n) is 20.4. The maximum atomic E-state index is 13.2. The number of urea groups is 1. The Morgan fingerprint density at radius 3 is 2.41 bits per heavy atom. The summed E-state index contributed by atoms with van der Waals surface area (Å²) in [5, 5.41) is 2.20. The average Bonchev–Trinajstić information content (AvgIpc) is 2.88. The van der Waals surface area contributed by atoms with E-state index in [2.05, 4.69) is 5.32 Å². The number of aryl methyl sites for hydroxylation is 1. The molecule has 0 radical (unpaired) electrons. The minimum absolute atomic E-state index is 0.167. The van der Waals surface area contributed by atoms with Crippen LogP contribution < -0.4 is 24.4 Å². The van der Waals surface area contributed by atoms with Gasteiger partial charge in [-0.05, 0) is 79.6 Å². The van der Waals surface area contributed by atoms with E-state index in [-0.39, 0.29) is 23.7 Å². The van der Waals surface area contributed by atoms with Crippen molar-refractivity contribution in [2.45, 2.75) is 13.8 Å². The fraction of sp³-hybridized carbons (Fsp3) is 0.143. The van der Waals surface area contributed by atoms with Crippen molar-refractivity contribution in [2.75, 3.05) is 18.6 Å². The van der Waals surface area contributed by atoms with Crippen LogP contribution in [0.15, 0.2) is 72.3 Å². The van der Waals surface area contributed by atoms with Crippen LogP contribution >= 0.6 is 0 Å². The molecule has 1 N–H and O–H groups in total. The van der Waals surface area contributed by atoms with Crippen molar-refractivity contribution in [3.63, 3.8) is 0 Å². The van der Waals surface area contributed by atoms with Gasteiger partial charge in [0, 0.05) is 0 Å². The van der Waals surface area contributed by atoms with Gasteiger partial charge in [-0.1, -0.05) is 18.2 Å². The first-order valence-corrected chi connectivity index (χ1v) is 11.4. The third kappa shape index (κ3) is 5.51. The highest BCUT2D eigenvalue weighted by molar-refractivity contribution is 6.39. The lowest BCUT2D eigenvalue weighted by Gasteiger charge is -2.26. The fourth-order valence-corrected chi connectivity index (χ4v) is 3.68. The van der Waals surface area contributed by atoms with Crippen molar-refractivity contribution in [3.8, 4) is 17.2 Å². The van der Waals surface area contributed by atoms with Gasteiger partial charge >= 0.3 is 12.0 Å². The number of benzene rings is 3. The summed E-state index contributed by atoms with van der Waals surface area (Å²) in [4.78, 5) is 51.7. The van der Waals surface area contributed by atoms with Gasteiger partial charge < -0.3 is 14.2 Å². The molecular weight excluding hydrogens is 476 g/mol. The van der Waals surface area contributed by atoms with Crippen LogP contribution in [0, 0.1) is 6.92 Å². The van der Waals surface area contributed by atoms with E-state index in [0.717, 1.165) is 10.5 Å². The Kier molecular flexibility index (Phi) is 7.34. The molecule has 0 spiro atoms. The maximum absolute atomic E-state index is 13.2. The van der Waals surface area contributed by atoms with Gasteiger partial charge in [0.25, 0.3) is 11.8 Å². The summed E-state index contributed by atoms with van der Waals surface area (Å²) in [6.07, 6.45) is 1.35. The molecule has 9 heteroatoms. The van der Waals surface area contributed by atoms with Crippen molar-refractivity contribution < 1.29 is 33.4 Å². The van der Waals surface area contributed by atoms with Gasteiger partial charge in [0.15, 0.2) is 11.5 Å². The molecule has 4 rings (SSSR count). The normalized spacial score (nSPS) is 14.4. The number of nitrogens with zero attached hydrogens (tertiary/aromatic N) is 1. The van der Waals surface area contributed by atoms with Crippen LogP contribution in [-0.4, -0.2) is 37.5 Å². The van der Waals surface area contributed by atoms with Crippen LogP contribution in [0.1, 0.15) is 28.4 Å². The van der Waals surface area contributed by atoms with E-state index in [1.54, 1.807) is 61.5 Å². The first-order valence-electron chi connectivity index (χ1n) is 11.4. The summed E-state index contributed by atoms with van der Waals surface area (Å²) in [7, 11) is 1.53. The molecule has 1 aliphatic heterocycles. The van der Waals surface area contributed by atoms with E-state index in [9.17, 15) is 19.2 Å². The Morgan fingerprint density at radius 2 is 1.73 bits per heavy atom. The molecule has 0 aliphatic carbocycles. The second-order valence-electron chi connectivity index (χ2n) is 8.05. The van der Waals surface area contributed by atoms with Crippen molar-refractivity contribution in [1.29, 1.82) is 0 Å². The number of nitrogens with one attached hydrogen (secondary N) is 1. The summed E-state index contributed by atoms with van der Waals surface area (Å²) >= 11 is 0. The Hall–Kier alpha value is -4.92. The fourth-order valence-electron chi connectivity index (χ4n) is 3.68. The van der Waals surface area contributed by atoms with E-state index in [1.165, 1.54) is 19.3 Å². The number of hydrogen-bond acceptors (Lipinski definition) is 7. The van der Waals surface area contributed by atoms with Crippen molar-refractivity contribution >= 4 is 35.6 Å². The monoisotopic (exact) mass is 500 g/mol. The Balaban J connectivity index is 1.62. The van der Waals surface area contributed by atoms with Gasteiger partial charge in [-0.3, -0.25) is 14.9 Å². The second kappa shape index (κ2) is 10.8. The predicted molar refractivity (Wildman–Crippen MR) is 136 cm³/mol. The van der Waals surface area contributed by atoms with Crippen LogP contribution in [0.25, 0.3) is 6.08 Å². The molecule has 1 heterocycles. The molecule has 0 saturated carbocycles. The van der Waals surface area contributed by atoms with Gasteiger partial charge in [0.1, 0.15) is 11.3 Å². The summed E-state index contributed by atoms with van der Waals surface area (Å²) in [5.41, 5.74) is 1.72. The molecule has 3 aromatic rings. The molecule has 3 aromatic carbocycles. The molecule has 4 amide bonds. The topological polar surface area (TPSA) is 111 Å². The number of anilines is 1. The van der Waals surface area contributed by atoms with Crippen molar-refractivity contribution in [3.05, 3.63) is 89.0 Å². The van der Waals surface area contributed by atoms with Crippen LogP contribution in [0.4, 0.5) is 10.5 Å². The summed E-state index contributed by atoms with van der Waals surface area (Å²) in [6.45, 7) is 3.88. The van der Waals surface area contributed by atoms with E-state index in [1.807, 2.05) is 13.0 Å². The lowest BCUT2D eigenvalue weighted by Crippen LogP contribution is -2.54. The molecule has 0 bridgehead atoms. The number of amides is 4. The summed E-state index contributed by atoms with van der Waals surface area (Å²) in [5.74, 6) is -1.15. The molecular formula is C28H24N2O7. The third-order valence-electron chi connectivity index (χ3n) is 5.47. The lowest BCUT2D eigenvalue weighted by atomic mass is 10.1. The minimum Gasteiger partial charge on any atom is -0.497 e. The largest absolute Gasteiger partial charge is 0.497 e. The molecule has 0 unspecified atom stereocenters. The number of carbonyl (C=O) groups excluding carboxylic acids is 4.